The highest BCUT2D eigenvalue weighted by Crippen LogP contribution is 2.49. The van der Waals surface area contributed by atoms with E-state index in [9.17, 15) is 39.3 Å². The van der Waals surface area contributed by atoms with Gasteiger partial charge in [-0.25, -0.2) is 8.42 Å². The van der Waals surface area contributed by atoms with E-state index < -0.39 is 45.8 Å². The van der Waals surface area contributed by atoms with E-state index in [2.05, 4.69) is 4.74 Å². The first-order valence-electron chi connectivity index (χ1n) is 5.18. The first-order valence-corrected chi connectivity index (χ1v) is 6.59. The monoisotopic (exact) mass is 331 g/mol. The summed E-state index contributed by atoms with van der Waals surface area (Å²) in [6, 6.07) is 0. The Labute approximate surface area is 111 Å². The predicted octanol–water partition coefficient (Wildman–Crippen LogP) is 2.60. The first kappa shape index (κ1) is 19.4. The van der Waals surface area contributed by atoms with Crippen molar-refractivity contribution in [3.05, 3.63) is 0 Å². The Kier molecular flexibility index (Phi) is 5.19. The number of alkyl halides is 6. The molecule has 0 aliphatic heterocycles. The highest BCUT2D eigenvalue weighted by Gasteiger charge is 2.74. The summed E-state index contributed by atoms with van der Waals surface area (Å²) >= 11 is 0. The summed E-state index contributed by atoms with van der Waals surface area (Å²) in [6.07, 6.45) is -1.87. The molecular weight excluding hydrogens is 318 g/mol. The molecule has 0 atom stereocenters. The van der Waals surface area contributed by atoms with Gasteiger partial charge < -0.3 is 9.29 Å². The maximum atomic E-state index is 13.1. The van der Waals surface area contributed by atoms with Gasteiger partial charge in [0.15, 0.2) is 10.1 Å². The van der Waals surface area contributed by atoms with Gasteiger partial charge in [0.25, 0.3) is 0 Å². The molecule has 0 fully saturated rings. The molecule has 0 radical (unpaired) electrons. The number of ether oxygens (including phenoxy) is 1. The molecule has 4 nitrogen and oxygen atoms in total. The second kappa shape index (κ2) is 5.34. The van der Waals surface area contributed by atoms with Gasteiger partial charge in [0.1, 0.15) is 0 Å². The van der Waals surface area contributed by atoms with E-state index >= 15 is 0 Å². The van der Waals surface area contributed by atoms with Gasteiger partial charge in [0.05, 0.1) is 12.2 Å². The van der Waals surface area contributed by atoms with Crippen LogP contribution in [0.1, 0.15) is 27.2 Å². The smallest absolute Gasteiger partial charge is 0.402 e. The Bertz CT molecular complexity index is 440. The van der Waals surface area contributed by atoms with Crippen molar-refractivity contribution in [3.8, 4) is 0 Å². The fraction of sp³-hybridized carbons (Fsp3) is 1.00. The lowest BCUT2D eigenvalue weighted by molar-refractivity contribution is -0.286. The van der Waals surface area contributed by atoms with Crippen molar-refractivity contribution in [2.24, 2.45) is 0 Å². The van der Waals surface area contributed by atoms with E-state index in [0.29, 0.717) is 0 Å². The lowest BCUT2D eigenvalue weighted by Gasteiger charge is -2.34. The zero-order chi connectivity index (χ0) is 16.6. The average molecular weight is 331 g/mol. The van der Waals surface area contributed by atoms with E-state index in [1.807, 2.05) is 0 Å². The Morgan fingerprint density at radius 2 is 1.40 bits per heavy atom. The van der Waals surface area contributed by atoms with Gasteiger partial charge in [0, 0.05) is 6.42 Å². The summed E-state index contributed by atoms with van der Waals surface area (Å²) in [4.78, 5) is 0. The third-order valence-electron chi connectivity index (χ3n) is 2.09. The van der Waals surface area contributed by atoms with E-state index in [4.69, 9.17) is 0 Å². The number of hydrogen-bond donors (Lipinski definition) is 0. The minimum Gasteiger partial charge on any atom is -0.743 e. The van der Waals surface area contributed by atoms with Crippen molar-refractivity contribution in [2.45, 2.75) is 49.9 Å². The second-order valence-corrected chi connectivity index (χ2v) is 6.38. The minimum absolute atomic E-state index is 0.988. The van der Waals surface area contributed by atoms with E-state index in [0.717, 1.165) is 0 Å². The Morgan fingerprint density at radius 3 is 1.70 bits per heavy atom. The third-order valence-corrected chi connectivity index (χ3v) is 2.97. The van der Waals surface area contributed by atoms with Crippen LogP contribution >= 0.6 is 0 Å². The van der Waals surface area contributed by atoms with Gasteiger partial charge in [-0.05, 0) is 20.8 Å². The van der Waals surface area contributed by atoms with Crippen molar-refractivity contribution in [2.75, 3.05) is 6.61 Å². The van der Waals surface area contributed by atoms with Crippen molar-refractivity contribution in [1.29, 1.82) is 0 Å². The summed E-state index contributed by atoms with van der Waals surface area (Å²) in [5.41, 5.74) is -0.988. The highest BCUT2D eigenvalue weighted by molar-refractivity contribution is 7.86. The maximum absolute atomic E-state index is 13.1. The molecule has 0 aromatic heterocycles. The van der Waals surface area contributed by atoms with Crippen molar-refractivity contribution >= 4 is 10.1 Å². The molecule has 0 saturated heterocycles. The molecule has 0 rings (SSSR count). The van der Waals surface area contributed by atoms with Crippen LogP contribution in [0.15, 0.2) is 0 Å². The van der Waals surface area contributed by atoms with Crippen LogP contribution in [0.2, 0.25) is 0 Å². The Morgan fingerprint density at radius 1 is 1.00 bits per heavy atom. The fourth-order valence-corrected chi connectivity index (χ4v) is 1.48. The molecule has 0 aliphatic rings. The molecule has 0 unspecified atom stereocenters. The number of rotatable bonds is 6. The minimum atomic E-state index is -6.95. The van der Waals surface area contributed by atoms with E-state index in [1.165, 1.54) is 20.8 Å². The number of halogens is 6. The van der Waals surface area contributed by atoms with Crippen molar-refractivity contribution < 1.29 is 44.0 Å². The lowest BCUT2D eigenvalue weighted by Crippen LogP contribution is -2.58. The number of hydrogen-bond acceptors (Lipinski definition) is 4. The summed E-state index contributed by atoms with van der Waals surface area (Å²) in [6.45, 7) is 3.18. The molecule has 0 saturated carbocycles. The van der Waals surface area contributed by atoms with Crippen molar-refractivity contribution in [1.82, 2.24) is 0 Å². The molecule has 0 heterocycles. The lowest BCUT2D eigenvalue weighted by atomic mass is 10.1. The highest BCUT2D eigenvalue weighted by atomic mass is 32.2. The van der Waals surface area contributed by atoms with Crippen LogP contribution in [-0.4, -0.2) is 42.3 Å². The van der Waals surface area contributed by atoms with Gasteiger partial charge in [-0.2, -0.15) is 26.3 Å². The fourth-order valence-electron chi connectivity index (χ4n) is 1.01. The van der Waals surface area contributed by atoms with Gasteiger partial charge in [0.2, 0.25) is 0 Å². The molecule has 0 N–H and O–H groups in total. The zero-order valence-electron chi connectivity index (χ0n) is 10.7. The average Bonchev–Trinajstić information content (AvgIpc) is 2.12. The molecule has 0 aromatic rings. The van der Waals surface area contributed by atoms with Crippen LogP contribution in [0.3, 0.4) is 0 Å². The SMILES string of the molecule is CC(C)(C)OCCC(F)(F)C(F)(F)C(F)(F)S(=O)(=O)[O-]. The largest absolute Gasteiger partial charge is 0.743 e. The molecule has 0 amide bonds. The third kappa shape index (κ3) is 3.98. The molecule has 0 aromatic carbocycles. The normalized spacial score (nSPS) is 15.5. The molecule has 0 aliphatic carbocycles. The second-order valence-electron chi connectivity index (χ2n) is 4.96. The summed E-state index contributed by atoms with van der Waals surface area (Å²) in [5, 5.41) is -6.43. The van der Waals surface area contributed by atoms with Gasteiger partial charge >= 0.3 is 17.1 Å². The predicted molar refractivity (Wildman–Crippen MR) is 54.9 cm³/mol. The Hall–Kier alpha value is -0.550. The topological polar surface area (TPSA) is 66.4 Å². The summed E-state index contributed by atoms with van der Waals surface area (Å²) in [5.74, 6) is -11.8. The molecule has 11 heteroatoms. The van der Waals surface area contributed by atoms with Gasteiger partial charge in [-0.1, -0.05) is 0 Å². The van der Waals surface area contributed by atoms with Crippen LogP contribution in [0.25, 0.3) is 0 Å². The van der Waals surface area contributed by atoms with Crippen LogP contribution in [0.5, 0.6) is 0 Å². The molecule has 0 spiro atoms. The van der Waals surface area contributed by atoms with E-state index in [-0.39, 0.29) is 0 Å². The molecule has 0 bridgehead atoms. The van der Waals surface area contributed by atoms with Crippen LogP contribution in [0.4, 0.5) is 26.3 Å². The van der Waals surface area contributed by atoms with E-state index in [1.54, 1.807) is 0 Å². The zero-order valence-corrected chi connectivity index (χ0v) is 11.5. The van der Waals surface area contributed by atoms with Crippen molar-refractivity contribution in [3.63, 3.8) is 0 Å². The molecule has 122 valence electrons. The van der Waals surface area contributed by atoms with Crippen LogP contribution < -0.4 is 0 Å². The summed E-state index contributed by atoms with van der Waals surface area (Å²) in [7, 11) is -6.95. The van der Waals surface area contributed by atoms with Gasteiger partial charge in [-0.3, -0.25) is 0 Å². The summed E-state index contributed by atoms with van der Waals surface area (Å²) < 4.78 is 112. The van der Waals surface area contributed by atoms with Gasteiger partial charge in [-0.15, -0.1) is 0 Å². The quantitative estimate of drug-likeness (QED) is 0.554. The molecule has 20 heavy (non-hydrogen) atoms. The van der Waals surface area contributed by atoms with Crippen LogP contribution in [-0.2, 0) is 14.9 Å². The Balaban J connectivity index is 5.18. The first-order chi connectivity index (χ1) is 8.46. The maximum Gasteiger partial charge on any atom is 0.402 e. The standard InChI is InChI=1S/C9H14F6O4S/c1-6(2,3)19-5-4-7(10,11)8(12,13)9(14,15)20(16,17)18/h4-5H2,1-3H3,(H,16,17,18)/p-1. The van der Waals surface area contributed by atoms with Crippen LogP contribution in [0, 0.1) is 0 Å². The molecular formula is C9H13F6O4S-.